The summed E-state index contributed by atoms with van der Waals surface area (Å²) in [4.78, 5) is 25.4. The first-order chi connectivity index (χ1) is 31.0. The van der Waals surface area contributed by atoms with Crippen LogP contribution in [-0.4, -0.2) is 96.0 Å². The average molecular weight is 923 g/mol. The van der Waals surface area contributed by atoms with Crippen molar-refractivity contribution in [3.63, 3.8) is 0 Å². The second-order valence-electron chi connectivity index (χ2n) is 16.8. The van der Waals surface area contributed by atoms with Crippen LogP contribution in [0.5, 0.6) is 0 Å². The summed E-state index contributed by atoms with van der Waals surface area (Å²) in [5.74, 6) is -2.08. The maximum atomic E-state index is 12.8. The van der Waals surface area contributed by atoms with Crippen LogP contribution in [0.25, 0.3) is 0 Å². The van der Waals surface area contributed by atoms with E-state index in [4.69, 9.17) is 18.9 Å². The van der Waals surface area contributed by atoms with E-state index in [9.17, 15) is 37.9 Å². The van der Waals surface area contributed by atoms with Gasteiger partial charge in [0.15, 0.2) is 12.4 Å². The number of esters is 2. The molecule has 1 heterocycles. The Morgan fingerprint density at radius 3 is 1.47 bits per heavy atom. The molecule has 1 aliphatic rings. The molecule has 0 aromatic rings. The molecule has 0 aliphatic carbocycles. The van der Waals surface area contributed by atoms with Crippen molar-refractivity contribution < 1.29 is 56.8 Å². The summed E-state index contributed by atoms with van der Waals surface area (Å²) >= 11 is 0. The monoisotopic (exact) mass is 923 g/mol. The van der Waals surface area contributed by atoms with Crippen molar-refractivity contribution in [2.24, 2.45) is 0 Å². The maximum Gasteiger partial charge on any atom is 0.306 e. The first kappa shape index (κ1) is 59.1. The quantitative estimate of drug-likeness (QED) is 0.0198. The second-order valence-corrected chi connectivity index (χ2v) is 18.3. The highest BCUT2D eigenvalue weighted by Gasteiger charge is 2.46. The molecule has 12 nitrogen and oxygen atoms in total. The largest absolute Gasteiger partial charge is 0.462 e. The zero-order valence-corrected chi connectivity index (χ0v) is 40.2. The summed E-state index contributed by atoms with van der Waals surface area (Å²) in [6.45, 7) is 3.67. The van der Waals surface area contributed by atoms with Gasteiger partial charge in [-0.25, -0.2) is 0 Å². The Morgan fingerprint density at radius 2 is 0.953 bits per heavy atom. The highest BCUT2D eigenvalue weighted by molar-refractivity contribution is 7.85. The predicted octanol–water partition coefficient (Wildman–Crippen LogP) is 10.7. The van der Waals surface area contributed by atoms with Crippen LogP contribution in [0.1, 0.15) is 181 Å². The van der Waals surface area contributed by atoms with Crippen molar-refractivity contribution in [3.8, 4) is 0 Å². The normalized spacial score (nSPS) is 20.2. The van der Waals surface area contributed by atoms with Gasteiger partial charge in [0, 0.05) is 12.8 Å². The van der Waals surface area contributed by atoms with Crippen molar-refractivity contribution in [1.82, 2.24) is 0 Å². The van der Waals surface area contributed by atoms with Gasteiger partial charge in [-0.3, -0.25) is 14.1 Å². The van der Waals surface area contributed by atoms with Crippen molar-refractivity contribution >= 4 is 22.1 Å². The highest BCUT2D eigenvalue weighted by atomic mass is 32.2. The number of carbonyl (C=O) groups is 2. The van der Waals surface area contributed by atoms with Gasteiger partial charge in [0.05, 0.1) is 6.61 Å². The molecule has 0 aromatic heterocycles. The van der Waals surface area contributed by atoms with E-state index >= 15 is 0 Å². The minimum Gasteiger partial charge on any atom is -0.462 e. The third-order valence-corrected chi connectivity index (χ3v) is 11.5. The Kier molecular flexibility index (Phi) is 37.3. The third kappa shape index (κ3) is 34.4. The minimum absolute atomic E-state index is 0.133. The molecule has 6 atom stereocenters. The number of carbonyl (C=O) groups excluding carboxylic acids is 2. The zero-order chi connectivity index (χ0) is 46.9. The van der Waals surface area contributed by atoms with Gasteiger partial charge >= 0.3 is 11.9 Å². The van der Waals surface area contributed by atoms with Crippen molar-refractivity contribution in [2.75, 3.05) is 19.0 Å². The molecular weight excluding hydrogens is 837 g/mol. The van der Waals surface area contributed by atoms with Crippen LogP contribution < -0.4 is 0 Å². The van der Waals surface area contributed by atoms with Gasteiger partial charge < -0.3 is 34.3 Å². The lowest BCUT2D eigenvalue weighted by Crippen LogP contribution is -2.60. The number of hydrogen-bond donors (Lipinski definition) is 4. The molecule has 1 saturated heterocycles. The van der Waals surface area contributed by atoms with Crippen LogP contribution in [0.3, 0.4) is 0 Å². The fourth-order valence-electron chi connectivity index (χ4n) is 6.93. The van der Waals surface area contributed by atoms with E-state index < -0.39 is 71.2 Å². The van der Waals surface area contributed by atoms with Crippen molar-refractivity contribution in [1.29, 1.82) is 0 Å². The minimum atomic E-state index is -4.62. The number of rotatable bonds is 40. The van der Waals surface area contributed by atoms with Crippen LogP contribution in [0.2, 0.25) is 0 Å². The van der Waals surface area contributed by atoms with E-state index in [-0.39, 0.29) is 19.4 Å². The molecule has 64 heavy (non-hydrogen) atoms. The molecule has 1 aliphatic heterocycles. The smallest absolute Gasteiger partial charge is 0.306 e. The molecular formula is C51H86O12S. The highest BCUT2D eigenvalue weighted by Crippen LogP contribution is 2.24. The fraction of sp³-hybridized carbons (Fsp3) is 0.725. The van der Waals surface area contributed by atoms with Crippen LogP contribution in [0.4, 0.5) is 0 Å². The zero-order valence-electron chi connectivity index (χ0n) is 39.4. The Hall–Kier alpha value is -2.91. The van der Waals surface area contributed by atoms with Gasteiger partial charge in [-0.05, 0) is 83.5 Å². The molecule has 0 saturated carbocycles. The summed E-state index contributed by atoms with van der Waals surface area (Å²) in [6, 6.07) is 0. The van der Waals surface area contributed by atoms with Crippen molar-refractivity contribution in [2.45, 2.75) is 218 Å². The Bertz CT molecular complexity index is 1450. The van der Waals surface area contributed by atoms with Gasteiger partial charge in [0.25, 0.3) is 10.1 Å². The summed E-state index contributed by atoms with van der Waals surface area (Å²) < 4.78 is 54.1. The molecule has 1 fully saturated rings. The number of unbranched alkanes of at least 4 members (excludes halogenated alkanes) is 16. The molecule has 0 bridgehead atoms. The second kappa shape index (κ2) is 40.4. The van der Waals surface area contributed by atoms with E-state index in [0.29, 0.717) is 19.3 Å². The fourth-order valence-corrected chi connectivity index (χ4v) is 7.62. The molecule has 1 rings (SSSR count). The maximum absolute atomic E-state index is 12.8. The number of ether oxygens (including phenoxy) is 4. The van der Waals surface area contributed by atoms with Crippen LogP contribution in [0.15, 0.2) is 72.9 Å². The average Bonchev–Trinajstić information content (AvgIpc) is 3.26. The summed E-state index contributed by atoms with van der Waals surface area (Å²) in [7, 11) is -4.62. The van der Waals surface area contributed by atoms with E-state index in [1.54, 1.807) is 0 Å². The molecule has 0 aromatic carbocycles. The Balaban J connectivity index is 2.46. The van der Waals surface area contributed by atoms with Gasteiger partial charge in [0.1, 0.15) is 36.8 Å². The summed E-state index contributed by atoms with van der Waals surface area (Å²) in [5, 5.41) is 30.9. The van der Waals surface area contributed by atoms with Crippen molar-refractivity contribution in [3.05, 3.63) is 72.9 Å². The molecule has 0 spiro atoms. The molecule has 368 valence electrons. The lowest BCUT2D eigenvalue weighted by molar-refractivity contribution is -0.297. The summed E-state index contributed by atoms with van der Waals surface area (Å²) in [6.07, 6.45) is 42.3. The molecule has 0 amide bonds. The lowest BCUT2D eigenvalue weighted by Gasteiger charge is -2.40. The topological polar surface area (TPSA) is 186 Å². The standard InChI is InChI=1S/C51H86O12S/c1-3-5-7-9-11-13-15-17-19-20-21-22-23-24-26-27-29-31-33-35-37-39-46(52)60-41-44(42-61-51-50(56)49(55)48(54)45(63-51)43-64(57,58)59)62-47(53)40-38-36-34-32-30-28-25-18-16-14-12-10-8-6-4-2/h12,14,18-20,22-23,25-27,31,33,44-45,48-51,54-56H,3-11,13,15-17,21,24,28-30,32,34-43H2,1-2H3,(H,57,58,59)/b14-12+,20-19+,23-22+,25-18+,27-26+,33-31+/t44-,45-,48-,49?,50?,51+/m1/s1. The van der Waals surface area contributed by atoms with Crippen LogP contribution in [0, 0.1) is 0 Å². The predicted molar refractivity (Wildman–Crippen MR) is 256 cm³/mol. The molecule has 2 unspecified atom stereocenters. The number of allylic oxidation sites excluding steroid dienone is 12. The number of hydrogen-bond acceptors (Lipinski definition) is 11. The summed E-state index contributed by atoms with van der Waals surface area (Å²) in [5.41, 5.74) is 0. The lowest BCUT2D eigenvalue weighted by atomic mass is 10.00. The molecule has 4 N–H and O–H groups in total. The molecule has 13 heteroatoms. The van der Waals surface area contributed by atoms with E-state index in [1.807, 2.05) is 6.08 Å². The van der Waals surface area contributed by atoms with Gasteiger partial charge in [-0.2, -0.15) is 8.42 Å². The Morgan fingerprint density at radius 1 is 0.531 bits per heavy atom. The van der Waals surface area contributed by atoms with Crippen LogP contribution >= 0.6 is 0 Å². The van der Waals surface area contributed by atoms with Gasteiger partial charge in [-0.1, -0.05) is 157 Å². The van der Waals surface area contributed by atoms with E-state index in [1.165, 1.54) is 64.2 Å². The molecule has 0 radical (unpaired) electrons. The number of aliphatic hydroxyl groups excluding tert-OH is 3. The van der Waals surface area contributed by atoms with Crippen LogP contribution in [-0.2, 0) is 38.7 Å². The third-order valence-electron chi connectivity index (χ3n) is 10.8. The van der Waals surface area contributed by atoms with E-state index in [2.05, 4.69) is 80.7 Å². The number of aliphatic hydroxyl groups is 3. The SMILES string of the molecule is CCCCC/C=C/C/C=C/CCCCCCCC(=O)O[C@H](COC(=O)CCC/C=C/C/C=C/C/C=C/C/C=C/CCCCCCCCC)CO[C@H]1O[C@H](CS(=O)(=O)O)[C@@H](O)C(O)C1O. The van der Waals surface area contributed by atoms with Gasteiger partial charge in [0.2, 0.25) is 0 Å². The first-order valence-electron chi connectivity index (χ1n) is 24.5. The van der Waals surface area contributed by atoms with Gasteiger partial charge in [-0.15, -0.1) is 0 Å². The first-order valence-corrected chi connectivity index (χ1v) is 26.1. The van der Waals surface area contributed by atoms with E-state index in [0.717, 1.165) is 70.6 Å². The Labute approximate surface area is 387 Å².